The topological polar surface area (TPSA) is 41.1 Å². The van der Waals surface area contributed by atoms with Crippen molar-refractivity contribution in [1.82, 2.24) is 5.32 Å². The van der Waals surface area contributed by atoms with Crippen LogP contribution in [0, 0.1) is 12.7 Å². The van der Waals surface area contributed by atoms with E-state index >= 15 is 0 Å². The van der Waals surface area contributed by atoms with E-state index in [0.717, 1.165) is 0 Å². The summed E-state index contributed by atoms with van der Waals surface area (Å²) >= 11 is 2.96. The molecule has 0 heterocycles. The van der Waals surface area contributed by atoms with Crippen molar-refractivity contribution < 1.29 is 22.4 Å². The lowest BCUT2D eigenvalue weighted by Crippen LogP contribution is -2.35. The summed E-state index contributed by atoms with van der Waals surface area (Å²) in [5, 5.41) is 4.37. The zero-order valence-corrected chi connectivity index (χ0v) is 11.5. The van der Waals surface area contributed by atoms with Gasteiger partial charge in [-0.1, -0.05) is 0 Å². The largest absolute Gasteiger partial charge is 0.401 e. The minimum Gasteiger partial charge on any atom is -0.325 e. The molecule has 0 radical (unpaired) electrons. The van der Waals surface area contributed by atoms with E-state index in [2.05, 4.69) is 21.2 Å². The van der Waals surface area contributed by atoms with Crippen molar-refractivity contribution in [3.8, 4) is 0 Å². The number of nitrogens with one attached hydrogen (secondary N) is 2. The standard InChI is InChI=1S/C11H11BrF4N2O/c1-6-2-8(13)7(12)3-9(6)18-10(19)4-17-5-11(14,15)16/h2-3,17H,4-5H2,1H3,(H,18,19). The fraction of sp³-hybridized carbons (Fsp3) is 0.364. The predicted octanol–water partition coefficient (Wildman–Crippen LogP) is 2.99. The first-order valence-electron chi connectivity index (χ1n) is 5.22. The smallest absolute Gasteiger partial charge is 0.325 e. The van der Waals surface area contributed by atoms with Gasteiger partial charge in [-0.25, -0.2) is 4.39 Å². The molecule has 0 aliphatic rings. The lowest BCUT2D eigenvalue weighted by molar-refractivity contribution is -0.126. The summed E-state index contributed by atoms with van der Waals surface area (Å²) in [7, 11) is 0. The first-order valence-corrected chi connectivity index (χ1v) is 6.01. The number of carbonyl (C=O) groups excluding carboxylic acids is 1. The minimum atomic E-state index is -4.37. The van der Waals surface area contributed by atoms with Crippen molar-refractivity contribution >= 4 is 27.5 Å². The first kappa shape index (κ1) is 15.9. The summed E-state index contributed by atoms with van der Waals surface area (Å²) in [5.74, 6) is -1.11. The van der Waals surface area contributed by atoms with Gasteiger partial charge in [-0.05, 0) is 40.5 Å². The lowest BCUT2D eigenvalue weighted by atomic mass is 10.2. The van der Waals surface area contributed by atoms with Gasteiger partial charge < -0.3 is 10.6 Å². The Morgan fingerprint density at radius 2 is 2.00 bits per heavy atom. The molecule has 19 heavy (non-hydrogen) atoms. The third-order valence-electron chi connectivity index (χ3n) is 2.15. The average molecular weight is 343 g/mol. The number of anilines is 1. The third-order valence-corrected chi connectivity index (χ3v) is 2.76. The maximum atomic E-state index is 13.1. The number of rotatable bonds is 4. The second-order valence-electron chi connectivity index (χ2n) is 3.85. The molecule has 0 aliphatic carbocycles. The van der Waals surface area contributed by atoms with Crippen molar-refractivity contribution in [2.24, 2.45) is 0 Å². The van der Waals surface area contributed by atoms with Crippen LogP contribution in [0.3, 0.4) is 0 Å². The number of aryl methyl sites for hydroxylation is 1. The van der Waals surface area contributed by atoms with Crippen molar-refractivity contribution in [2.75, 3.05) is 18.4 Å². The fourth-order valence-electron chi connectivity index (χ4n) is 1.29. The molecule has 2 N–H and O–H groups in total. The van der Waals surface area contributed by atoms with Gasteiger partial charge in [-0.3, -0.25) is 4.79 Å². The number of hydrogen-bond donors (Lipinski definition) is 2. The highest BCUT2D eigenvalue weighted by molar-refractivity contribution is 9.10. The van der Waals surface area contributed by atoms with Gasteiger partial charge in [0, 0.05) is 5.69 Å². The Balaban J connectivity index is 2.56. The molecule has 1 amide bonds. The molecule has 0 bridgehead atoms. The molecule has 0 atom stereocenters. The quantitative estimate of drug-likeness (QED) is 0.826. The monoisotopic (exact) mass is 342 g/mol. The van der Waals surface area contributed by atoms with Gasteiger partial charge in [0.05, 0.1) is 17.6 Å². The maximum absolute atomic E-state index is 13.1. The number of carbonyl (C=O) groups is 1. The molecule has 1 aromatic rings. The van der Waals surface area contributed by atoms with Gasteiger partial charge in [-0.15, -0.1) is 0 Å². The van der Waals surface area contributed by atoms with E-state index in [0.29, 0.717) is 11.3 Å². The van der Waals surface area contributed by atoms with Gasteiger partial charge in [-0.2, -0.15) is 13.2 Å². The van der Waals surface area contributed by atoms with E-state index in [1.54, 1.807) is 6.92 Å². The van der Waals surface area contributed by atoms with Crippen molar-refractivity contribution in [3.63, 3.8) is 0 Å². The Bertz CT molecular complexity index is 476. The number of halogens is 5. The highest BCUT2D eigenvalue weighted by atomic mass is 79.9. The molecule has 0 fully saturated rings. The van der Waals surface area contributed by atoms with Crippen LogP contribution in [-0.2, 0) is 4.79 Å². The molecule has 1 aromatic carbocycles. The average Bonchev–Trinajstić information content (AvgIpc) is 2.24. The second kappa shape index (κ2) is 6.33. The van der Waals surface area contributed by atoms with E-state index in [1.807, 2.05) is 5.32 Å². The van der Waals surface area contributed by atoms with E-state index in [4.69, 9.17) is 0 Å². The zero-order valence-electron chi connectivity index (χ0n) is 9.87. The minimum absolute atomic E-state index is 0.164. The van der Waals surface area contributed by atoms with Gasteiger partial charge in [0.15, 0.2) is 0 Å². The van der Waals surface area contributed by atoms with E-state index < -0.39 is 31.0 Å². The van der Waals surface area contributed by atoms with Crippen LogP contribution < -0.4 is 10.6 Å². The SMILES string of the molecule is Cc1cc(F)c(Br)cc1NC(=O)CNCC(F)(F)F. The molecule has 0 spiro atoms. The second-order valence-corrected chi connectivity index (χ2v) is 4.70. The lowest BCUT2D eigenvalue weighted by Gasteiger charge is -2.11. The number of amides is 1. The maximum Gasteiger partial charge on any atom is 0.401 e. The highest BCUT2D eigenvalue weighted by Crippen LogP contribution is 2.24. The molecule has 0 aliphatic heterocycles. The predicted molar refractivity (Wildman–Crippen MR) is 66.4 cm³/mol. The van der Waals surface area contributed by atoms with Crippen LogP contribution in [0.4, 0.5) is 23.2 Å². The fourth-order valence-corrected chi connectivity index (χ4v) is 1.64. The van der Waals surface area contributed by atoms with Crippen molar-refractivity contribution in [3.05, 3.63) is 28.0 Å². The molecule has 1 rings (SSSR count). The summed E-state index contributed by atoms with van der Waals surface area (Å²) in [6, 6.07) is 2.56. The van der Waals surface area contributed by atoms with Gasteiger partial charge in [0.1, 0.15) is 5.82 Å². The molecular weight excluding hydrogens is 332 g/mol. The summed E-state index contributed by atoms with van der Waals surface area (Å²) < 4.78 is 48.9. The van der Waals surface area contributed by atoms with E-state index in [-0.39, 0.29) is 4.47 Å². The Morgan fingerprint density at radius 1 is 1.37 bits per heavy atom. The molecule has 0 unspecified atom stereocenters. The Hall–Kier alpha value is -1.15. The summed E-state index contributed by atoms with van der Waals surface area (Å²) in [6.45, 7) is -0.144. The van der Waals surface area contributed by atoms with Crippen LogP contribution in [0.25, 0.3) is 0 Å². The Morgan fingerprint density at radius 3 is 2.58 bits per heavy atom. The van der Waals surface area contributed by atoms with Gasteiger partial charge in [0.2, 0.25) is 5.91 Å². The molecule has 106 valence electrons. The molecular formula is C11H11BrF4N2O. The Kier molecular flexibility index (Phi) is 5.30. The molecule has 0 saturated heterocycles. The number of hydrogen-bond acceptors (Lipinski definition) is 2. The molecule has 0 saturated carbocycles. The summed E-state index contributed by atoms with van der Waals surface area (Å²) in [4.78, 5) is 11.4. The van der Waals surface area contributed by atoms with Crippen LogP contribution in [0.5, 0.6) is 0 Å². The van der Waals surface area contributed by atoms with E-state index in [9.17, 15) is 22.4 Å². The van der Waals surface area contributed by atoms with Crippen LogP contribution in [0.1, 0.15) is 5.56 Å². The highest BCUT2D eigenvalue weighted by Gasteiger charge is 2.26. The summed E-state index contributed by atoms with van der Waals surface area (Å²) in [6.07, 6.45) is -4.37. The van der Waals surface area contributed by atoms with Gasteiger partial charge >= 0.3 is 6.18 Å². The van der Waals surface area contributed by atoms with Crippen LogP contribution in [0.2, 0.25) is 0 Å². The molecule has 8 heteroatoms. The Labute approximate surface area is 115 Å². The van der Waals surface area contributed by atoms with Gasteiger partial charge in [0.25, 0.3) is 0 Å². The summed E-state index contributed by atoms with van der Waals surface area (Å²) in [5.41, 5.74) is 0.817. The molecule has 0 aromatic heterocycles. The van der Waals surface area contributed by atoms with Crippen LogP contribution in [-0.4, -0.2) is 25.2 Å². The van der Waals surface area contributed by atoms with Crippen LogP contribution >= 0.6 is 15.9 Å². The van der Waals surface area contributed by atoms with E-state index in [1.165, 1.54) is 12.1 Å². The zero-order chi connectivity index (χ0) is 14.6. The number of benzene rings is 1. The van der Waals surface area contributed by atoms with Crippen LogP contribution in [0.15, 0.2) is 16.6 Å². The van der Waals surface area contributed by atoms with Crippen molar-refractivity contribution in [2.45, 2.75) is 13.1 Å². The first-order chi connectivity index (χ1) is 8.69. The normalized spacial score (nSPS) is 11.5. The number of alkyl halides is 3. The third kappa shape index (κ3) is 5.56. The van der Waals surface area contributed by atoms with Crippen molar-refractivity contribution in [1.29, 1.82) is 0 Å². The molecule has 3 nitrogen and oxygen atoms in total.